The number of aromatic nitrogens is 1. The predicted octanol–water partition coefficient (Wildman–Crippen LogP) is 3.04. The maximum absolute atomic E-state index is 12.4. The van der Waals surface area contributed by atoms with Gasteiger partial charge in [0.25, 0.3) is 0 Å². The molecule has 2 aromatic carbocycles. The van der Waals surface area contributed by atoms with Crippen LogP contribution in [0, 0.1) is 0 Å². The van der Waals surface area contributed by atoms with Crippen LogP contribution < -0.4 is 14.4 Å². The molecule has 0 fully saturated rings. The van der Waals surface area contributed by atoms with E-state index in [1.807, 2.05) is 12.1 Å². The number of hydrogen-bond acceptors (Lipinski definition) is 5. The minimum absolute atomic E-state index is 0.00230. The smallest absolute Gasteiger partial charge is 0.232 e. The predicted molar refractivity (Wildman–Crippen MR) is 110 cm³/mol. The highest BCUT2D eigenvalue weighted by molar-refractivity contribution is 7.92. The number of sulfonamides is 1. The first-order valence-corrected chi connectivity index (χ1v) is 10.5. The molecule has 0 atom stereocenters. The summed E-state index contributed by atoms with van der Waals surface area (Å²) < 4.78 is 31.0. The van der Waals surface area contributed by atoms with Gasteiger partial charge in [0.05, 0.1) is 24.6 Å². The molecule has 0 saturated carbocycles. The number of pyridine rings is 1. The van der Waals surface area contributed by atoms with E-state index in [9.17, 15) is 13.2 Å². The molecule has 0 saturated heterocycles. The topological polar surface area (TPSA) is 88.6 Å². The van der Waals surface area contributed by atoms with Gasteiger partial charge in [-0.05, 0) is 36.4 Å². The lowest BCUT2D eigenvalue weighted by Crippen LogP contribution is -2.33. The summed E-state index contributed by atoms with van der Waals surface area (Å²) in [7, 11) is -2.03. The van der Waals surface area contributed by atoms with Gasteiger partial charge in [0, 0.05) is 30.2 Å². The lowest BCUT2D eigenvalue weighted by Gasteiger charge is -2.23. The van der Waals surface area contributed by atoms with Gasteiger partial charge in [-0.15, -0.1) is 0 Å². The van der Waals surface area contributed by atoms with Crippen molar-refractivity contribution in [3.63, 3.8) is 0 Å². The van der Waals surface area contributed by atoms with E-state index in [0.29, 0.717) is 22.6 Å². The molecule has 1 heterocycles. The summed E-state index contributed by atoms with van der Waals surface area (Å²) in [4.78, 5) is 16.6. The van der Waals surface area contributed by atoms with Crippen LogP contribution in [0.4, 0.5) is 11.4 Å². The summed E-state index contributed by atoms with van der Waals surface area (Å²) in [6, 6.07) is 15.9. The number of fused-ring (bicyclic) bond motifs is 1. The van der Waals surface area contributed by atoms with Gasteiger partial charge in [-0.1, -0.05) is 18.2 Å². The van der Waals surface area contributed by atoms with Crippen molar-refractivity contribution in [1.29, 1.82) is 0 Å². The Balaban J connectivity index is 1.77. The molecule has 3 aromatic rings. The van der Waals surface area contributed by atoms with Crippen molar-refractivity contribution in [3.8, 4) is 5.75 Å². The fraction of sp³-hybridized carbons (Fsp3) is 0.200. The molecular weight excluding hydrogens is 378 g/mol. The molecule has 0 aliphatic carbocycles. The molecule has 0 radical (unpaired) electrons. The van der Waals surface area contributed by atoms with E-state index >= 15 is 0 Å². The van der Waals surface area contributed by atoms with E-state index in [4.69, 9.17) is 4.74 Å². The molecule has 7 nitrogen and oxygen atoms in total. The second-order valence-corrected chi connectivity index (χ2v) is 8.12. The maximum atomic E-state index is 12.4. The van der Waals surface area contributed by atoms with E-state index in [1.54, 1.807) is 55.8 Å². The van der Waals surface area contributed by atoms with E-state index in [2.05, 4.69) is 10.3 Å². The summed E-state index contributed by atoms with van der Waals surface area (Å²) in [5, 5.41) is 3.59. The fourth-order valence-electron chi connectivity index (χ4n) is 2.86. The number of carbonyl (C=O) groups excluding carboxylic acids is 1. The number of ether oxygens (including phenoxy) is 1. The Bertz CT molecular complexity index is 1080. The molecule has 8 heteroatoms. The number of hydrogen-bond donors (Lipinski definition) is 1. The van der Waals surface area contributed by atoms with Gasteiger partial charge in [-0.2, -0.15) is 0 Å². The Morgan fingerprint density at radius 1 is 1.11 bits per heavy atom. The lowest BCUT2D eigenvalue weighted by atomic mass is 10.2. The van der Waals surface area contributed by atoms with Crippen LogP contribution in [0.5, 0.6) is 5.75 Å². The van der Waals surface area contributed by atoms with Crippen LogP contribution in [0.3, 0.4) is 0 Å². The number of para-hydroxylation sites is 1. The molecule has 0 aliphatic heterocycles. The van der Waals surface area contributed by atoms with Gasteiger partial charge in [-0.25, -0.2) is 8.42 Å². The largest absolute Gasteiger partial charge is 0.497 e. The number of benzene rings is 2. The van der Waals surface area contributed by atoms with Crippen LogP contribution in [-0.2, 0) is 14.8 Å². The van der Waals surface area contributed by atoms with Crippen LogP contribution >= 0.6 is 0 Å². The minimum atomic E-state index is -3.59. The normalized spacial score (nSPS) is 11.2. The number of nitrogens with one attached hydrogen (secondary N) is 1. The van der Waals surface area contributed by atoms with Crippen LogP contribution in [0.2, 0.25) is 0 Å². The van der Waals surface area contributed by atoms with Gasteiger partial charge in [0.15, 0.2) is 0 Å². The van der Waals surface area contributed by atoms with E-state index in [-0.39, 0.29) is 18.9 Å². The number of methoxy groups -OCH3 is 1. The fourth-order valence-corrected chi connectivity index (χ4v) is 3.78. The molecule has 28 heavy (non-hydrogen) atoms. The average molecular weight is 399 g/mol. The summed E-state index contributed by atoms with van der Waals surface area (Å²) in [5.74, 6) is 0.400. The molecule has 1 N–H and O–H groups in total. The van der Waals surface area contributed by atoms with Crippen molar-refractivity contribution in [1.82, 2.24) is 4.98 Å². The SMILES string of the molecule is COc1ccc(NC(=O)CCN(c2cccc3cccnc23)S(C)(=O)=O)cc1. The second kappa shape index (κ2) is 8.26. The molecular formula is C20H21N3O4S. The zero-order chi connectivity index (χ0) is 20.1. The molecule has 0 bridgehead atoms. The first-order valence-electron chi connectivity index (χ1n) is 8.64. The van der Waals surface area contributed by atoms with Crippen molar-refractivity contribution in [2.24, 2.45) is 0 Å². The third-order valence-corrected chi connectivity index (χ3v) is 5.38. The van der Waals surface area contributed by atoms with Crippen LogP contribution in [0.15, 0.2) is 60.8 Å². The summed E-state index contributed by atoms with van der Waals surface area (Å²) >= 11 is 0. The standard InChI is InChI=1S/C20H21N3O4S/c1-27-17-10-8-16(9-11-17)22-19(24)12-14-23(28(2,25)26)18-7-3-5-15-6-4-13-21-20(15)18/h3-11,13H,12,14H2,1-2H3,(H,22,24). The number of amides is 1. The maximum Gasteiger partial charge on any atom is 0.232 e. The summed E-state index contributed by atoms with van der Waals surface area (Å²) in [6.07, 6.45) is 2.74. The molecule has 146 valence electrons. The Morgan fingerprint density at radius 3 is 2.50 bits per heavy atom. The third-order valence-electron chi connectivity index (χ3n) is 4.20. The summed E-state index contributed by atoms with van der Waals surface area (Å²) in [6.45, 7) is 0.0104. The van der Waals surface area contributed by atoms with Crippen molar-refractivity contribution in [3.05, 3.63) is 60.8 Å². The van der Waals surface area contributed by atoms with E-state index in [1.165, 1.54) is 4.31 Å². The van der Waals surface area contributed by atoms with Crippen LogP contribution in [0.25, 0.3) is 10.9 Å². The molecule has 3 rings (SSSR count). The van der Waals surface area contributed by atoms with Gasteiger partial charge in [-0.3, -0.25) is 14.1 Å². The van der Waals surface area contributed by atoms with Crippen LogP contribution in [-0.4, -0.2) is 39.2 Å². The van der Waals surface area contributed by atoms with Crippen molar-refractivity contribution in [2.75, 3.05) is 29.5 Å². The molecule has 1 amide bonds. The number of anilines is 2. The van der Waals surface area contributed by atoms with Gasteiger partial charge in [0.2, 0.25) is 15.9 Å². The van der Waals surface area contributed by atoms with Crippen molar-refractivity contribution in [2.45, 2.75) is 6.42 Å². The highest BCUT2D eigenvalue weighted by Crippen LogP contribution is 2.27. The first-order chi connectivity index (χ1) is 13.4. The molecule has 1 aromatic heterocycles. The first kappa shape index (κ1) is 19.6. The van der Waals surface area contributed by atoms with Gasteiger partial charge in [0.1, 0.15) is 5.75 Å². The highest BCUT2D eigenvalue weighted by atomic mass is 32.2. The van der Waals surface area contributed by atoms with Crippen molar-refractivity contribution >= 4 is 38.2 Å². The number of carbonyl (C=O) groups is 1. The molecule has 0 unspecified atom stereocenters. The lowest BCUT2D eigenvalue weighted by molar-refractivity contribution is -0.116. The third kappa shape index (κ3) is 4.58. The van der Waals surface area contributed by atoms with Gasteiger partial charge < -0.3 is 10.1 Å². The Kier molecular flexibility index (Phi) is 5.79. The monoisotopic (exact) mass is 399 g/mol. The van der Waals surface area contributed by atoms with E-state index < -0.39 is 10.0 Å². The zero-order valence-electron chi connectivity index (χ0n) is 15.6. The number of nitrogens with zero attached hydrogens (tertiary/aromatic N) is 2. The number of rotatable bonds is 7. The second-order valence-electron chi connectivity index (χ2n) is 6.21. The molecule has 0 aliphatic rings. The zero-order valence-corrected chi connectivity index (χ0v) is 16.4. The highest BCUT2D eigenvalue weighted by Gasteiger charge is 2.21. The Morgan fingerprint density at radius 2 is 1.82 bits per heavy atom. The van der Waals surface area contributed by atoms with Gasteiger partial charge >= 0.3 is 0 Å². The Labute approximate surface area is 164 Å². The summed E-state index contributed by atoms with van der Waals surface area (Å²) in [5.41, 5.74) is 1.65. The minimum Gasteiger partial charge on any atom is -0.497 e. The van der Waals surface area contributed by atoms with Crippen LogP contribution in [0.1, 0.15) is 6.42 Å². The quantitative estimate of drug-likeness (QED) is 0.660. The molecule has 0 spiro atoms. The van der Waals surface area contributed by atoms with Crippen molar-refractivity contribution < 1.29 is 17.9 Å². The average Bonchev–Trinajstić information content (AvgIpc) is 2.68. The Hall–Kier alpha value is -3.13. The van der Waals surface area contributed by atoms with E-state index in [0.717, 1.165) is 11.6 Å².